The van der Waals surface area contributed by atoms with Crippen LogP contribution in [0.3, 0.4) is 0 Å². The van der Waals surface area contributed by atoms with Crippen molar-refractivity contribution in [2.24, 2.45) is 5.41 Å². The summed E-state index contributed by atoms with van der Waals surface area (Å²) in [6.45, 7) is 7.24. The highest BCUT2D eigenvalue weighted by atomic mass is 16.6. The Morgan fingerprint density at radius 3 is 1.82 bits per heavy atom. The largest absolute Gasteiger partial charge is 0.462 e. The molecule has 0 aromatic carbocycles. The molecular weight excluding hydrogens is 492 g/mol. The average Bonchev–Trinajstić information content (AvgIpc) is 2.89. The fourth-order valence-corrected chi connectivity index (χ4v) is 4.11. The molecule has 0 aliphatic rings. The molecule has 6 heteroatoms. The highest BCUT2D eigenvalue weighted by Crippen LogP contribution is 2.18. The van der Waals surface area contributed by atoms with Gasteiger partial charge >= 0.3 is 11.9 Å². The van der Waals surface area contributed by atoms with Gasteiger partial charge in [-0.05, 0) is 52.9 Å². The monoisotopic (exact) mass is 546 g/mol. The summed E-state index contributed by atoms with van der Waals surface area (Å²) in [5.74, 6) is -0.780. The molecule has 1 heterocycles. The molecule has 0 amide bonds. The van der Waals surface area contributed by atoms with E-state index in [4.69, 9.17) is 13.9 Å². The Morgan fingerprint density at radius 1 is 0.795 bits per heavy atom. The van der Waals surface area contributed by atoms with E-state index in [-0.39, 0.29) is 24.1 Å². The number of carbonyl (C=O) groups is 2. The second-order valence-electron chi connectivity index (χ2n) is 11.6. The Balaban J connectivity index is 1.97. The minimum atomic E-state index is -0.732. The van der Waals surface area contributed by atoms with Crippen LogP contribution < -0.4 is 10.2 Å². The molecule has 1 aromatic rings. The normalized spacial score (nSPS) is 11.7. The van der Waals surface area contributed by atoms with Gasteiger partial charge in [0.25, 0.3) is 0 Å². The van der Waals surface area contributed by atoms with E-state index in [1.165, 1.54) is 96.0 Å². The predicted molar refractivity (Wildman–Crippen MR) is 158 cm³/mol. The first-order valence-corrected chi connectivity index (χ1v) is 15.4. The van der Waals surface area contributed by atoms with Gasteiger partial charge in [-0.3, -0.25) is 14.4 Å². The smallest absolute Gasteiger partial charge is 0.316 e. The van der Waals surface area contributed by atoms with Crippen molar-refractivity contribution in [1.82, 2.24) is 0 Å². The maximum Gasteiger partial charge on any atom is 0.316 e. The van der Waals surface area contributed by atoms with Crippen LogP contribution in [0.5, 0.6) is 5.75 Å². The van der Waals surface area contributed by atoms with Gasteiger partial charge in [0.05, 0.1) is 5.41 Å². The molecule has 1 aromatic heterocycles. The third-order valence-electron chi connectivity index (χ3n) is 6.69. The number of unbranched alkanes of at least 4 members (excludes halogenated alkanes) is 15. The van der Waals surface area contributed by atoms with Crippen LogP contribution in [-0.4, -0.2) is 11.9 Å². The topological polar surface area (TPSA) is 82.8 Å². The van der Waals surface area contributed by atoms with Crippen molar-refractivity contribution < 1.29 is 23.5 Å². The van der Waals surface area contributed by atoms with Crippen LogP contribution in [-0.2, 0) is 20.9 Å². The van der Waals surface area contributed by atoms with Crippen LogP contribution in [0.2, 0.25) is 0 Å². The van der Waals surface area contributed by atoms with Gasteiger partial charge in [0.1, 0.15) is 18.6 Å². The van der Waals surface area contributed by atoms with Gasteiger partial charge in [-0.15, -0.1) is 0 Å². The van der Waals surface area contributed by atoms with Crippen LogP contribution in [0.15, 0.2) is 33.7 Å². The van der Waals surface area contributed by atoms with Crippen LogP contribution in [0.1, 0.15) is 149 Å². The zero-order valence-corrected chi connectivity index (χ0v) is 25.2. The first-order valence-electron chi connectivity index (χ1n) is 15.4. The lowest BCUT2D eigenvalue weighted by Crippen LogP contribution is -2.27. The summed E-state index contributed by atoms with van der Waals surface area (Å²) >= 11 is 0. The molecule has 0 bridgehead atoms. The molecule has 0 fully saturated rings. The Labute approximate surface area is 236 Å². The molecule has 0 aliphatic heterocycles. The molecule has 0 aliphatic carbocycles. The van der Waals surface area contributed by atoms with Crippen molar-refractivity contribution in [3.63, 3.8) is 0 Å². The second-order valence-corrected chi connectivity index (χ2v) is 11.6. The molecule has 1 rings (SSSR count). The van der Waals surface area contributed by atoms with Crippen molar-refractivity contribution >= 4 is 11.9 Å². The molecule has 0 saturated heterocycles. The molecule has 6 nitrogen and oxygen atoms in total. The SMILES string of the molecule is CCCCCCCC/C=C/CCCCCCCCCCCC(=O)OCc1cc(=O)c(OC(=O)C(C)(C)C)co1. The zero-order valence-electron chi connectivity index (χ0n) is 25.2. The van der Waals surface area contributed by atoms with E-state index >= 15 is 0 Å². The molecule has 0 unspecified atom stereocenters. The molecule has 0 saturated carbocycles. The minimum Gasteiger partial charge on any atom is -0.462 e. The fraction of sp³-hybridized carbons (Fsp3) is 0.727. The lowest BCUT2D eigenvalue weighted by Gasteiger charge is -2.15. The van der Waals surface area contributed by atoms with Crippen molar-refractivity contribution in [1.29, 1.82) is 0 Å². The molecule has 0 atom stereocenters. The molecule has 0 spiro atoms. The minimum absolute atomic E-state index is 0.115. The summed E-state index contributed by atoms with van der Waals surface area (Å²) in [7, 11) is 0. The quantitative estimate of drug-likeness (QED) is 0.0819. The number of carbonyl (C=O) groups excluding carboxylic acids is 2. The Bertz CT molecular complexity index is 877. The highest BCUT2D eigenvalue weighted by Gasteiger charge is 2.25. The first kappa shape index (κ1) is 34.7. The molecule has 0 N–H and O–H groups in total. The zero-order chi connectivity index (χ0) is 28.8. The summed E-state index contributed by atoms with van der Waals surface area (Å²) in [6, 6.07) is 1.19. The number of allylic oxidation sites excluding steroid dienone is 2. The van der Waals surface area contributed by atoms with E-state index in [0.29, 0.717) is 6.42 Å². The van der Waals surface area contributed by atoms with Crippen molar-refractivity contribution in [3.05, 3.63) is 40.5 Å². The Hall–Kier alpha value is -2.37. The second kappa shape index (κ2) is 21.5. The lowest BCUT2D eigenvalue weighted by atomic mass is 9.97. The van der Waals surface area contributed by atoms with E-state index < -0.39 is 16.8 Å². The number of rotatable bonds is 22. The van der Waals surface area contributed by atoms with Crippen LogP contribution in [0.25, 0.3) is 0 Å². The number of hydrogen-bond acceptors (Lipinski definition) is 6. The van der Waals surface area contributed by atoms with Crippen molar-refractivity contribution in [2.75, 3.05) is 0 Å². The predicted octanol–water partition coefficient (Wildman–Crippen LogP) is 9.23. The molecule has 222 valence electrons. The van der Waals surface area contributed by atoms with Gasteiger partial charge in [-0.1, -0.05) is 96.1 Å². The summed E-state index contributed by atoms with van der Waals surface area (Å²) in [5.41, 5.74) is -1.22. The standard InChI is InChI=1S/C33H54O6/c1-5-6-7-8-9-10-11-12-13-14-15-16-17-18-19-20-21-22-23-24-31(35)38-26-28-25-29(34)30(27-37-28)39-32(36)33(2,3)4/h12-13,25,27H,5-11,14-24,26H2,1-4H3/b13-12+. The summed E-state index contributed by atoms with van der Waals surface area (Å²) in [5, 5.41) is 0. The number of ether oxygens (including phenoxy) is 2. The van der Waals surface area contributed by atoms with Crippen LogP contribution >= 0.6 is 0 Å². The van der Waals surface area contributed by atoms with Crippen LogP contribution in [0, 0.1) is 5.41 Å². The third kappa shape index (κ3) is 18.5. The van der Waals surface area contributed by atoms with Crippen molar-refractivity contribution in [3.8, 4) is 5.75 Å². The molecular formula is C33H54O6. The first-order chi connectivity index (χ1) is 18.7. The van der Waals surface area contributed by atoms with E-state index in [0.717, 1.165) is 25.5 Å². The Morgan fingerprint density at radius 2 is 1.31 bits per heavy atom. The maximum atomic E-state index is 12.1. The van der Waals surface area contributed by atoms with Crippen LogP contribution in [0.4, 0.5) is 0 Å². The number of hydrogen-bond donors (Lipinski definition) is 0. The molecule has 39 heavy (non-hydrogen) atoms. The highest BCUT2D eigenvalue weighted by molar-refractivity contribution is 5.77. The third-order valence-corrected chi connectivity index (χ3v) is 6.69. The van der Waals surface area contributed by atoms with Gasteiger partial charge in [0, 0.05) is 12.5 Å². The average molecular weight is 547 g/mol. The molecule has 0 radical (unpaired) electrons. The fourth-order valence-electron chi connectivity index (χ4n) is 4.11. The van der Waals surface area contributed by atoms with Gasteiger partial charge < -0.3 is 13.9 Å². The van der Waals surface area contributed by atoms with E-state index in [9.17, 15) is 14.4 Å². The maximum absolute atomic E-state index is 12.1. The summed E-state index contributed by atoms with van der Waals surface area (Å²) in [6.07, 6.45) is 27.5. The number of esters is 2. The van der Waals surface area contributed by atoms with E-state index in [2.05, 4.69) is 19.1 Å². The van der Waals surface area contributed by atoms with Gasteiger partial charge in [-0.2, -0.15) is 0 Å². The van der Waals surface area contributed by atoms with Gasteiger partial charge in [-0.25, -0.2) is 0 Å². The summed E-state index contributed by atoms with van der Waals surface area (Å²) < 4.78 is 15.6. The van der Waals surface area contributed by atoms with Gasteiger partial charge in [0.2, 0.25) is 11.2 Å². The Kier molecular flexibility index (Phi) is 19.1. The lowest BCUT2D eigenvalue weighted by molar-refractivity contribution is -0.145. The van der Waals surface area contributed by atoms with Gasteiger partial charge in [0.15, 0.2) is 0 Å². The summed E-state index contributed by atoms with van der Waals surface area (Å²) in [4.78, 5) is 36.0. The van der Waals surface area contributed by atoms with E-state index in [1.807, 2.05) is 0 Å². The van der Waals surface area contributed by atoms with Crippen molar-refractivity contribution in [2.45, 2.75) is 150 Å². The van der Waals surface area contributed by atoms with E-state index in [1.54, 1.807) is 20.8 Å².